The Labute approximate surface area is 53.8 Å². The maximum atomic E-state index is 6.34. The molecule has 0 unspecified atom stereocenters. The van der Waals surface area contributed by atoms with Gasteiger partial charge in [-0.25, -0.2) is 0 Å². The van der Waals surface area contributed by atoms with E-state index in [1.165, 1.54) is 0 Å². The summed E-state index contributed by atoms with van der Waals surface area (Å²) in [4.78, 5) is 0. The van der Waals surface area contributed by atoms with E-state index in [1.807, 2.05) is 0 Å². The molecule has 2 nitrogen and oxygen atoms in total. The van der Waals surface area contributed by atoms with Crippen molar-refractivity contribution in [2.45, 2.75) is 0 Å². The van der Waals surface area contributed by atoms with Gasteiger partial charge in [-0.05, 0) is 7.05 Å². The fourth-order valence-corrected chi connectivity index (χ4v) is 0. The topological polar surface area (TPSA) is 35.8 Å². The van der Waals surface area contributed by atoms with Crippen molar-refractivity contribution in [1.82, 2.24) is 5.32 Å². The van der Waals surface area contributed by atoms with Gasteiger partial charge in [0.25, 0.3) is 0 Å². The van der Waals surface area contributed by atoms with Crippen LogP contribution < -0.4 is 5.32 Å². The van der Waals surface area contributed by atoms with Crippen molar-refractivity contribution in [1.29, 1.82) is 0 Å². The minimum absolute atomic E-state index is 0. The summed E-state index contributed by atoms with van der Waals surface area (Å²) in [7, 11) is 1.74. The van der Waals surface area contributed by atoms with E-state index >= 15 is 0 Å². The standard InChI is InChI=1S/C2H7N2.CH3.W/c1-4-2-3;;/h3-4H,2H2,1H3;1H3;/q2*-1;. The molecular formula is C3H10N2W-2. The Morgan fingerprint density at radius 3 is 1.83 bits per heavy atom. The number of rotatable bonds is 1. The normalized spacial score (nSPS) is 5.00. The van der Waals surface area contributed by atoms with Crippen molar-refractivity contribution >= 4 is 0 Å². The molecule has 0 saturated heterocycles. The van der Waals surface area contributed by atoms with Gasteiger partial charge in [0.05, 0.1) is 0 Å². The van der Waals surface area contributed by atoms with Gasteiger partial charge in [-0.2, -0.15) is 0 Å². The molecular weight excluding hydrogens is 248 g/mol. The summed E-state index contributed by atoms with van der Waals surface area (Å²) in [5.41, 5.74) is 6.34. The predicted molar refractivity (Wildman–Crippen MR) is 24.7 cm³/mol. The van der Waals surface area contributed by atoms with E-state index in [4.69, 9.17) is 5.73 Å². The van der Waals surface area contributed by atoms with Gasteiger partial charge in [0, 0.05) is 21.1 Å². The maximum Gasteiger partial charge on any atom is 0 e. The first-order chi connectivity index (χ1) is 1.91. The van der Waals surface area contributed by atoms with Crippen LogP contribution in [0.3, 0.4) is 0 Å². The van der Waals surface area contributed by atoms with Crippen LogP contribution in [-0.2, 0) is 21.1 Å². The second-order valence-electron chi connectivity index (χ2n) is 0.530. The van der Waals surface area contributed by atoms with Crippen molar-refractivity contribution in [3.05, 3.63) is 13.2 Å². The molecule has 0 fully saturated rings. The van der Waals surface area contributed by atoms with Crippen LogP contribution in [0, 0.1) is 7.43 Å². The first-order valence-electron chi connectivity index (χ1n) is 1.21. The molecule has 0 aliphatic rings. The van der Waals surface area contributed by atoms with Crippen LogP contribution >= 0.6 is 0 Å². The summed E-state index contributed by atoms with van der Waals surface area (Å²) in [6.45, 7) is 0.319. The molecule has 0 bridgehead atoms. The first-order valence-corrected chi connectivity index (χ1v) is 1.21. The van der Waals surface area contributed by atoms with E-state index in [0.29, 0.717) is 6.67 Å². The molecule has 0 radical (unpaired) electrons. The van der Waals surface area contributed by atoms with Gasteiger partial charge in [0.15, 0.2) is 0 Å². The van der Waals surface area contributed by atoms with Gasteiger partial charge in [0.2, 0.25) is 0 Å². The Morgan fingerprint density at radius 2 is 1.83 bits per heavy atom. The summed E-state index contributed by atoms with van der Waals surface area (Å²) >= 11 is 0. The van der Waals surface area contributed by atoms with Crippen LogP contribution in [0.25, 0.3) is 5.73 Å². The van der Waals surface area contributed by atoms with Crippen LogP contribution in [-0.4, -0.2) is 13.7 Å². The minimum atomic E-state index is 0. The molecule has 0 saturated carbocycles. The van der Waals surface area contributed by atoms with E-state index in [-0.39, 0.29) is 28.5 Å². The Balaban J connectivity index is -0.0000000450. The Kier molecular flexibility index (Phi) is 46.6. The fraction of sp³-hybridized carbons (Fsp3) is 0.667. The second-order valence-corrected chi connectivity index (χ2v) is 0.530. The van der Waals surface area contributed by atoms with Crippen molar-refractivity contribution in [2.24, 2.45) is 0 Å². The Hall–Kier alpha value is 0.608. The van der Waals surface area contributed by atoms with Crippen LogP contribution in [0.1, 0.15) is 0 Å². The first kappa shape index (κ1) is 16.0. The van der Waals surface area contributed by atoms with E-state index < -0.39 is 0 Å². The van der Waals surface area contributed by atoms with Crippen molar-refractivity contribution in [3.63, 3.8) is 0 Å². The molecule has 0 rings (SSSR count). The van der Waals surface area contributed by atoms with Crippen molar-refractivity contribution < 1.29 is 21.1 Å². The SMILES string of the molecule is CNC[NH-].[CH3-].[W]. The zero-order valence-corrected chi connectivity index (χ0v) is 7.05. The third-order valence-electron chi connectivity index (χ3n) is 0.177. The molecule has 0 spiro atoms. The number of nitrogens with one attached hydrogen (secondary N) is 2. The molecule has 40 valence electrons. The zero-order chi connectivity index (χ0) is 3.41. The van der Waals surface area contributed by atoms with E-state index in [0.717, 1.165) is 0 Å². The zero-order valence-electron chi connectivity index (χ0n) is 4.12. The molecule has 0 aliphatic heterocycles. The summed E-state index contributed by atoms with van der Waals surface area (Å²) < 4.78 is 0. The fourth-order valence-electron chi connectivity index (χ4n) is 0. The molecule has 0 aromatic carbocycles. The van der Waals surface area contributed by atoms with Crippen molar-refractivity contribution in [2.75, 3.05) is 13.7 Å². The molecule has 6 heavy (non-hydrogen) atoms. The van der Waals surface area contributed by atoms with Gasteiger partial charge in [-0.3, -0.25) is 0 Å². The third-order valence-corrected chi connectivity index (χ3v) is 0.177. The smallest absolute Gasteiger partial charge is 0 e. The molecule has 0 aliphatic carbocycles. The van der Waals surface area contributed by atoms with Gasteiger partial charge < -0.3 is 18.5 Å². The average Bonchev–Trinajstić information content (AvgIpc) is 1.37. The quantitative estimate of drug-likeness (QED) is 0.689. The average molecular weight is 258 g/mol. The summed E-state index contributed by atoms with van der Waals surface area (Å²) in [6, 6.07) is 0. The molecule has 0 heterocycles. The molecule has 0 atom stereocenters. The summed E-state index contributed by atoms with van der Waals surface area (Å²) in [5.74, 6) is 0. The van der Waals surface area contributed by atoms with Crippen LogP contribution in [0.4, 0.5) is 0 Å². The van der Waals surface area contributed by atoms with Crippen LogP contribution in [0.2, 0.25) is 0 Å². The third kappa shape index (κ3) is 23.2. The number of hydrogen-bond acceptors (Lipinski definition) is 1. The minimum Gasteiger partial charge on any atom is -0.665 e. The molecule has 2 N–H and O–H groups in total. The van der Waals surface area contributed by atoms with Crippen LogP contribution in [0.15, 0.2) is 0 Å². The van der Waals surface area contributed by atoms with E-state index in [1.54, 1.807) is 7.05 Å². The molecule has 0 aromatic heterocycles. The van der Waals surface area contributed by atoms with Crippen LogP contribution in [0.5, 0.6) is 0 Å². The Morgan fingerprint density at radius 1 is 1.67 bits per heavy atom. The van der Waals surface area contributed by atoms with E-state index in [9.17, 15) is 0 Å². The van der Waals surface area contributed by atoms with Gasteiger partial charge in [-0.15, -0.1) is 6.67 Å². The second kappa shape index (κ2) is 17.5. The van der Waals surface area contributed by atoms with Crippen molar-refractivity contribution in [3.8, 4) is 0 Å². The largest absolute Gasteiger partial charge is 0.665 e. The summed E-state index contributed by atoms with van der Waals surface area (Å²) in [6.07, 6.45) is 0. The molecule has 0 amide bonds. The Bertz CT molecular complexity index is 10.8. The van der Waals surface area contributed by atoms with E-state index in [2.05, 4.69) is 5.32 Å². The summed E-state index contributed by atoms with van der Waals surface area (Å²) in [5, 5.41) is 2.60. The predicted octanol–water partition coefficient (Wildman–Crippen LogP) is 0.663. The number of hydrogen-bond donors (Lipinski definition) is 1. The maximum absolute atomic E-state index is 6.34. The van der Waals surface area contributed by atoms with Gasteiger partial charge in [0.1, 0.15) is 0 Å². The monoisotopic (exact) mass is 258 g/mol. The molecule has 3 heteroatoms. The van der Waals surface area contributed by atoms with Gasteiger partial charge >= 0.3 is 0 Å². The van der Waals surface area contributed by atoms with Gasteiger partial charge in [-0.1, -0.05) is 0 Å². The molecule has 0 aromatic rings.